The van der Waals surface area contributed by atoms with Crippen molar-refractivity contribution in [3.05, 3.63) is 67.4 Å². The second kappa shape index (κ2) is 14.4. The third-order valence-electron chi connectivity index (χ3n) is 6.55. The van der Waals surface area contributed by atoms with E-state index in [1.807, 2.05) is 24.3 Å². The first kappa shape index (κ1) is 34.5. The molecular weight excluding hydrogens is 715 g/mol. The average molecular weight is 749 g/mol. The molecule has 1 saturated heterocycles. The smallest absolute Gasteiger partial charge is 0.351 e. The number of methoxy groups -OCH3 is 1. The molecule has 9 nitrogen and oxygen atoms in total. The minimum atomic E-state index is -3.54. The summed E-state index contributed by atoms with van der Waals surface area (Å²) >= 11 is 16.8. The highest BCUT2D eigenvalue weighted by Crippen LogP contribution is 2.46. The zero-order valence-corrected chi connectivity index (χ0v) is 29.3. The molecule has 4 rings (SSSR count). The maximum Gasteiger partial charge on any atom is 0.351 e. The van der Waals surface area contributed by atoms with Gasteiger partial charge < -0.3 is 19.5 Å². The molecule has 2 aromatic carbocycles. The second-order valence-corrected chi connectivity index (χ2v) is 15.9. The van der Waals surface area contributed by atoms with E-state index >= 15 is 0 Å². The van der Waals surface area contributed by atoms with Crippen LogP contribution in [-0.4, -0.2) is 63.1 Å². The lowest BCUT2D eigenvalue weighted by Gasteiger charge is -2.32. The van der Waals surface area contributed by atoms with Crippen molar-refractivity contribution < 1.29 is 32.2 Å². The summed E-state index contributed by atoms with van der Waals surface area (Å²) in [5.41, 5.74) is 1.53. The molecule has 14 heteroatoms. The first-order valence-electron chi connectivity index (χ1n) is 13.7. The lowest BCUT2D eigenvalue weighted by molar-refractivity contribution is -0.157. The Balaban J connectivity index is 1.44. The van der Waals surface area contributed by atoms with Crippen molar-refractivity contribution in [3.63, 3.8) is 0 Å². The number of ether oxygens (including phenoxy) is 3. The molecule has 0 bridgehead atoms. The zero-order valence-electron chi connectivity index (χ0n) is 24.6. The number of sulfonamides is 1. The maximum absolute atomic E-state index is 13.1. The normalized spacial score (nSPS) is 14.7. The van der Waals surface area contributed by atoms with Crippen molar-refractivity contribution in [2.45, 2.75) is 51.0 Å². The molecule has 0 aliphatic carbocycles. The predicted molar refractivity (Wildman–Crippen MR) is 177 cm³/mol. The van der Waals surface area contributed by atoms with Crippen LogP contribution in [0, 0.1) is 0 Å². The Bertz CT molecular complexity index is 1610. The van der Waals surface area contributed by atoms with Crippen LogP contribution in [0.15, 0.2) is 46.9 Å². The summed E-state index contributed by atoms with van der Waals surface area (Å²) in [6, 6.07) is 12.5. The second-order valence-electron chi connectivity index (χ2n) is 11.2. The topological polar surface area (TPSA) is 111 Å². The van der Waals surface area contributed by atoms with Crippen LogP contribution in [0.1, 0.15) is 48.8 Å². The van der Waals surface area contributed by atoms with E-state index < -0.39 is 27.6 Å². The number of halogens is 3. The van der Waals surface area contributed by atoms with E-state index in [9.17, 15) is 18.0 Å². The molecular formula is C30H33BrCl2N2O7S2. The number of anilines is 1. The van der Waals surface area contributed by atoms with Gasteiger partial charge in [-0.25, -0.2) is 22.3 Å². The predicted octanol–water partition coefficient (Wildman–Crippen LogP) is 7.40. The number of esters is 2. The molecule has 0 unspecified atom stereocenters. The summed E-state index contributed by atoms with van der Waals surface area (Å²) in [5.74, 6) is -1.11. The Morgan fingerprint density at radius 2 is 1.75 bits per heavy atom. The minimum absolute atomic E-state index is 0.0578. The van der Waals surface area contributed by atoms with Gasteiger partial charge in [0, 0.05) is 34.9 Å². The van der Waals surface area contributed by atoms with Crippen LogP contribution in [0.3, 0.4) is 0 Å². The summed E-state index contributed by atoms with van der Waals surface area (Å²) in [7, 11) is -2.26. The van der Waals surface area contributed by atoms with E-state index in [0.29, 0.717) is 46.0 Å². The molecule has 44 heavy (non-hydrogen) atoms. The van der Waals surface area contributed by atoms with Crippen LogP contribution < -0.4 is 10.1 Å². The van der Waals surface area contributed by atoms with Crippen molar-refractivity contribution in [1.82, 2.24) is 4.31 Å². The highest BCUT2D eigenvalue weighted by molar-refractivity contribution is 9.10. The van der Waals surface area contributed by atoms with Crippen molar-refractivity contribution in [3.8, 4) is 16.2 Å². The van der Waals surface area contributed by atoms with E-state index in [0.717, 1.165) is 16.1 Å². The van der Waals surface area contributed by atoms with Gasteiger partial charge in [-0.05, 0) is 91.0 Å². The Morgan fingerprint density at radius 1 is 1.09 bits per heavy atom. The number of nitrogens with zero attached hydrogens (tertiary/aromatic N) is 1. The fourth-order valence-corrected chi connectivity index (χ4v) is 8.78. The third kappa shape index (κ3) is 9.11. The first-order valence-corrected chi connectivity index (χ1v) is 17.7. The Hall–Kier alpha value is -2.35. The first-order chi connectivity index (χ1) is 20.6. The SMILES string of the molecule is COC(=O)c1sc(-c2cccc(NC3CCN(S(=O)(=O)Cc4cc(Cl)cc(Cl)c4)CC3)c2)c(Br)c1OCC(=O)OC(C)(C)C. The average Bonchev–Trinajstić information content (AvgIpc) is 3.26. The van der Waals surface area contributed by atoms with Gasteiger partial charge in [0.15, 0.2) is 17.2 Å². The summed E-state index contributed by atoms with van der Waals surface area (Å²) in [5, 5.41) is 4.31. The number of carbonyl (C=O) groups is 2. The van der Waals surface area contributed by atoms with Crippen LogP contribution in [0.25, 0.3) is 10.4 Å². The number of piperidine rings is 1. The number of carbonyl (C=O) groups excluding carboxylic acids is 2. The monoisotopic (exact) mass is 746 g/mol. The molecule has 0 saturated carbocycles. The molecule has 2 heterocycles. The van der Waals surface area contributed by atoms with E-state index in [1.54, 1.807) is 39.0 Å². The van der Waals surface area contributed by atoms with Crippen molar-refractivity contribution in [2.75, 3.05) is 32.1 Å². The van der Waals surface area contributed by atoms with Crippen LogP contribution in [0.2, 0.25) is 10.0 Å². The highest BCUT2D eigenvalue weighted by atomic mass is 79.9. The van der Waals surface area contributed by atoms with Gasteiger partial charge in [0.2, 0.25) is 10.0 Å². The zero-order chi connectivity index (χ0) is 32.2. The van der Waals surface area contributed by atoms with Gasteiger partial charge in [-0.3, -0.25) is 0 Å². The summed E-state index contributed by atoms with van der Waals surface area (Å²) in [6.45, 7) is 5.66. The van der Waals surface area contributed by atoms with Gasteiger partial charge >= 0.3 is 11.9 Å². The Kier molecular flexibility index (Phi) is 11.3. The lowest BCUT2D eigenvalue weighted by atomic mass is 10.1. The van der Waals surface area contributed by atoms with Gasteiger partial charge in [0.1, 0.15) is 5.60 Å². The Morgan fingerprint density at radius 3 is 2.36 bits per heavy atom. The number of nitrogens with one attached hydrogen (secondary N) is 1. The van der Waals surface area contributed by atoms with Gasteiger partial charge in [-0.15, -0.1) is 11.3 Å². The van der Waals surface area contributed by atoms with Crippen molar-refractivity contribution in [1.29, 1.82) is 0 Å². The molecule has 1 aliphatic heterocycles. The fourth-order valence-electron chi connectivity index (χ4n) is 4.70. The lowest BCUT2D eigenvalue weighted by Crippen LogP contribution is -2.42. The van der Waals surface area contributed by atoms with Crippen LogP contribution in [-0.2, 0) is 30.0 Å². The number of benzene rings is 2. The molecule has 1 N–H and O–H groups in total. The quantitative estimate of drug-likeness (QED) is 0.214. The standard InChI is InChI=1S/C30H33BrCl2N2O7S2/c1-30(2,3)42-24(36)16-41-26-25(31)27(43-28(26)29(37)40-4)19-6-5-7-23(14-19)34-22-8-10-35(11-9-22)44(38,39)17-18-12-20(32)15-21(33)13-18/h5-7,12-15,22,34H,8-11,16-17H2,1-4H3. The van der Waals surface area contributed by atoms with E-state index in [-0.39, 0.29) is 29.0 Å². The van der Waals surface area contributed by atoms with E-state index in [4.69, 9.17) is 37.4 Å². The van der Waals surface area contributed by atoms with E-state index in [1.165, 1.54) is 22.8 Å². The minimum Gasteiger partial charge on any atom is -0.479 e. The highest BCUT2D eigenvalue weighted by Gasteiger charge is 2.29. The van der Waals surface area contributed by atoms with Gasteiger partial charge in [0.05, 0.1) is 22.2 Å². The maximum atomic E-state index is 13.1. The van der Waals surface area contributed by atoms with Gasteiger partial charge in [0.25, 0.3) is 0 Å². The fraction of sp³-hybridized carbons (Fsp3) is 0.400. The third-order valence-corrected chi connectivity index (χ3v) is 11.1. The molecule has 3 aromatic rings. The Labute approximate surface area is 279 Å². The largest absolute Gasteiger partial charge is 0.479 e. The molecule has 0 radical (unpaired) electrons. The molecule has 0 atom stereocenters. The molecule has 238 valence electrons. The van der Waals surface area contributed by atoms with Crippen LogP contribution in [0.4, 0.5) is 5.69 Å². The van der Waals surface area contributed by atoms with Crippen LogP contribution in [0.5, 0.6) is 5.75 Å². The van der Waals surface area contributed by atoms with E-state index in [2.05, 4.69) is 21.2 Å². The van der Waals surface area contributed by atoms with Crippen LogP contribution >= 0.6 is 50.5 Å². The number of hydrogen-bond acceptors (Lipinski definition) is 9. The van der Waals surface area contributed by atoms with Gasteiger partial charge in [-0.2, -0.15) is 0 Å². The number of thiophene rings is 1. The number of hydrogen-bond donors (Lipinski definition) is 1. The molecule has 0 amide bonds. The molecule has 0 spiro atoms. The summed E-state index contributed by atoms with van der Waals surface area (Å²) in [4.78, 5) is 25.8. The number of rotatable bonds is 10. The van der Waals surface area contributed by atoms with Gasteiger partial charge in [-0.1, -0.05) is 35.3 Å². The van der Waals surface area contributed by atoms with Crippen molar-refractivity contribution in [2.24, 2.45) is 0 Å². The summed E-state index contributed by atoms with van der Waals surface area (Å²) in [6.07, 6.45) is 1.25. The molecule has 1 fully saturated rings. The van der Waals surface area contributed by atoms with Crippen molar-refractivity contribution >= 4 is 78.1 Å². The molecule has 1 aliphatic rings. The molecule has 1 aromatic heterocycles. The summed E-state index contributed by atoms with van der Waals surface area (Å²) < 4.78 is 44.2.